The van der Waals surface area contributed by atoms with Crippen molar-refractivity contribution < 1.29 is 32.9 Å². The first-order chi connectivity index (χ1) is 14.6. The molecule has 1 aliphatic rings. The van der Waals surface area contributed by atoms with Crippen LogP contribution in [0.25, 0.3) is 11.1 Å². The molecule has 0 bridgehead atoms. The van der Waals surface area contributed by atoms with E-state index in [0.717, 1.165) is 12.3 Å². The lowest BCUT2D eigenvalue weighted by Gasteiger charge is -2.21. The lowest BCUT2D eigenvalue weighted by Crippen LogP contribution is -2.41. The van der Waals surface area contributed by atoms with E-state index < -0.39 is 48.3 Å². The fourth-order valence-corrected chi connectivity index (χ4v) is 3.24. The number of ether oxygens (including phenoxy) is 1. The molecule has 3 aromatic rings. The number of aromatic nitrogens is 3. The number of aliphatic hydroxyl groups excluding tert-OH is 2. The highest BCUT2D eigenvalue weighted by atomic mass is 19.3. The van der Waals surface area contributed by atoms with Crippen molar-refractivity contribution in [1.29, 1.82) is 0 Å². The van der Waals surface area contributed by atoms with Gasteiger partial charge in [-0.1, -0.05) is 0 Å². The molecule has 11 nitrogen and oxygen atoms in total. The Morgan fingerprint density at radius 3 is 2.71 bits per heavy atom. The molecule has 1 amide bonds. The second-order valence-corrected chi connectivity index (χ2v) is 6.90. The zero-order chi connectivity index (χ0) is 22.5. The minimum atomic E-state index is -3.85. The summed E-state index contributed by atoms with van der Waals surface area (Å²) < 4.78 is 40.0. The molecule has 13 heteroatoms. The lowest BCUT2D eigenvalue weighted by molar-refractivity contribution is -0.140. The maximum Gasteiger partial charge on any atom is 0.419 e. The first-order valence-electron chi connectivity index (χ1n) is 8.96. The predicted molar refractivity (Wildman–Crippen MR) is 99.9 cm³/mol. The molecule has 3 atom stereocenters. The number of nitrogens with one attached hydrogen (secondary N) is 1. The standard InChI is InChI=1S/C18H16F2N4O7/c1-23-9-6-8(2-3-10(9)31-17(23)29)14(27)21-12-4-5-24(16(28)22-12)15-18(19,20)13(26)11(7-25)30-15/h2-6,11,13,15,25-26H,7H2,1H3,(H,21,22,27,28)/t11-,13-,15?/m1/s1. The summed E-state index contributed by atoms with van der Waals surface area (Å²) in [5, 5.41) is 21.0. The molecule has 2 aromatic heterocycles. The van der Waals surface area contributed by atoms with Gasteiger partial charge in [0, 0.05) is 18.8 Å². The SMILES string of the molecule is Cn1c(=O)oc2ccc(C(=O)Nc3ccn(C4O[C@H](CO)[C@@H](O)C4(F)F)c(=O)n3)cc21. The average molecular weight is 438 g/mol. The normalized spacial score (nSPS) is 22.7. The Balaban J connectivity index is 1.58. The summed E-state index contributed by atoms with van der Waals surface area (Å²) in [5.41, 5.74) is -0.375. The Morgan fingerprint density at radius 1 is 1.32 bits per heavy atom. The molecule has 1 saturated heterocycles. The maximum atomic E-state index is 14.2. The first-order valence-corrected chi connectivity index (χ1v) is 8.96. The number of aryl methyl sites for hydroxylation is 1. The highest BCUT2D eigenvalue weighted by molar-refractivity contribution is 6.05. The van der Waals surface area contributed by atoms with Crippen molar-refractivity contribution in [2.45, 2.75) is 24.4 Å². The smallest absolute Gasteiger partial charge is 0.408 e. The summed E-state index contributed by atoms with van der Waals surface area (Å²) in [7, 11) is 1.47. The van der Waals surface area contributed by atoms with E-state index in [2.05, 4.69) is 10.3 Å². The van der Waals surface area contributed by atoms with E-state index in [1.54, 1.807) is 0 Å². The molecule has 4 rings (SSSR count). The summed E-state index contributed by atoms with van der Waals surface area (Å²) in [4.78, 5) is 39.8. The second kappa shape index (κ2) is 7.37. The third kappa shape index (κ3) is 3.41. The number of nitrogens with zero attached hydrogens (tertiary/aromatic N) is 3. The van der Waals surface area contributed by atoms with Gasteiger partial charge < -0.3 is 24.7 Å². The molecule has 0 aliphatic carbocycles. The molecule has 164 valence electrons. The fourth-order valence-electron chi connectivity index (χ4n) is 3.24. The quantitative estimate of drug-likeness (QED) is 0.508. The first kappa shape index (κ1) is 20.8. The number of rotatable bonds is 4. The number of amides is 1. The lowest BCUT2D eigenvalue weighted by atomic mass is 10.1. The number of hydrogen-bond acceptors (Lipinski definition) is 8. The van der Waals surface area contributed by atoms with Crippen LogP contribution in [-0.4, -0.2) is 55.0 Å². The van der Waals surface area contributed by atoms with Crippen molar-refractivity contribution in [1.82, 2.24) is 14.1 Å². The maximum absolute atomic E-state index is 14.2. The third-order valence-electron chi connectivity index (χ3n) is 4.94. The van der Waals surface area contributed by atoms with Gasteiger partial charge in [0.25, 0.3) is 5.91 Å². The molecule has 1 aromatic carbocycles. The summed E-state index contributed by atoms with van der Waals surface area (Å²) in [5.74, 6) is -5.33. The molecule has 1 unspecified atom stereocenters. The molecule has 0 saturated carbocycles. The number of alkyl halides is 2. The monoisotopic (exact) mass is 438 g/mol. The molecule has 0 spiro atoms. The van der Waals surface area contributed by atoms with Crippen molar-refractivity contribution in [3.63, 3.8) is 0 Å². The van der Waals surface area contributed by atoms with Crippen LogP contribution in [0.5, 0.6) is 0 Å². The molecular weight excluding hydrogens is 422 g/mol. The summed E-state index contributed by atoms with van der Waals surface area (Å²) >= 11 is 0. The number of hydrogen-bond donors (Lipinski definition) is 3. The number of carbonyl (C=O) groups excluding carboxylic acids is 1. The van der Waals surface area contributed by atoms with Crippen LogP contribution < -0.4 is 16.8 Å². The van der Waals surface area contributed by atoms with Crippen LogP contribution in [0.3, 0.4) is 0 Å². The van der Waals surface area contributed by atoms with E-state index in [1.807, 2.05) is 0 Å². The highest BCUT2D eigenvalue weighted by Gasteiger charge is 2.59. The second-order valence-electron chi connectivity index (χ2n) is 6.90. The summed E-state index contributed by atoms with van der Waals surface area (Å²) in [6, 6.07) is 5.33. The summed E-state index contributed by atoms with van der Waals surface area (Å²) in [6.45, 7) is -0.865. The van der Waals surface area contributed by atoms with Crippen molar-refractivity contribution in [3.8, 4) is 0 Å². The van der Waals surface area contributed by atoms with Gasteiger partial charge in [-0.25, -0.2) is 9.59 Å². The van der Waals surface area contributed by atoms with Crippen LogP contribution >= 0.6 is 0 Å². The minimum absolute atomic E-state index is 0.134. The zero-order valence-corrected chi connectivity index (χ0v) is 15.9. The van der Waals surface area contributed by atoms with Gasteiger partial charge in [-0.2, -0.15) is 13.8 Å². The molecule has 1 aliphatic heterocycles. The number of carbonyl (C=O) groups is 1. The molecule has 31 heavy (non-hydrogen) atoms. The van der Waals surface area contributed by atoms with Crippen LogP contribution in [0.1, 0.15) is 16.6 Å². The molecule has 3 heterocycles. The summed E-state index contributed by atoms with van der Waals surface area (Å²) in [6.07, 6.45) is -5.12. The van der Waals surface area contributed by atoms with E-state index in [4.69, 9.17) is 14.3 Å². The van der Waals surface area contributed by atoms with E-state index in [0.29, 0.717) is 10.1 Å². The van der Waals surface area contributed by atoms with Crippen LogP contribution in [0.15, 0.2) is 44.5 Å². The number of halogens is 2. The van der Waals surface area contributed by atoms with Crippen LogP contribution in [0.4, 0.5) is 14.6 Å². The molecular formula is C18H16F2N4O7. The van der Waals surface area contributed by atoms with Crippen molar-refractivity contribution in [2.75, 3.05) is 11.9 Å². The van der Waals surface area contributed by atoms with Crippen molar-refractivity contribution in [3.05, 3.63) is 57.1 Å². The fraction of sp³-hybridized carbons (Fsp3) is 0.333. The van der Waals surface area contributed by atoms with Gasteiger partial charge in [0.05, 0.1) is 12.1 Å². The van der Waals surface area contributed by atoms with Crippen molar-refractivity contribution in [2.24, 2.45) is 7.05 Å². The largest absolute Gasteiger partial charge is 0.419 e. The highest BCUT2D eigenvalue weighted by Crippen LogP contribution is 2.41. The topological polar surface area (TPSA) is 149 Å². The van der Waals surface area contributed by atoms with Crippen LogP contribution in [0, 0.1) is 0 Å². The van der Waals surface area contributed by atoms with Gasteiger partial charge in [0.15, 0.2) is 11.7 Å². The van der Waals surface area contributed by atoms with Gasteiger partial charge in [-0.05, 0) is 24.3 Å². The minimum Gasteiger partial charge on any atom is -0.408 e. The Labute approximate surface area is 171 Å². The average Bonchev–Trinajstić information content (AvgIpc) is 3.14. The van der Waals surface area contributed by atoms with Crippen LogP contribution in [-0.2, 0) is 11.8 Å². The third-order valence-corrected chi connectivity index (χ3v) is 4.94. The van der Waals surface area contributed by atoms with E-state index in [1.165, 1.54) is 29.8 Å². The van der Waals surface area contributed by atoms with E-state index in [9.17, 15) is 28.3 Å². The van der Waals surface area contributed by atoms with Gasteiger partial charge in [0.2, 0.25) is 6.23 Å². The number of fused-ring (bicyclic) bond motifs is 1. The van der Waals surface area contributed by atoms with Gasteiger partial charge in [-0.15, -0.1) is 0 Å². The predicted octanol–water partition coefficient (Wildman–Crippen LogP) is -0.174. The van der Waals surface area contributed by atoms with Gasteiger partial charge >= 0.3 is 17.4 Å². The van der Waals surface area contributed by atoms with Crippen LogP contribution in [0.2, 0.25) is 0 Å². The van der Waals surface area contributed by atoms with Crippen molar-refractivity contribution >= 4 is 22.8 Å². The zero-order valence-electron chi connectivity index (χ0n) is 15.9. The number of anilines is 1. The molecule has 3 N–H and O–H groups in total. The number of aliphatic hydroxyl groups is 2. The van der Waals surface area contributed by atoms with Gasteiger partial charge in [0.1, 0.15) is 11.9 Å². The Kier molecular flexibility index (Phi) is 4.95. The van der Waals surface area contributed by atoms with E-state index >= 15 is 0 Å². The van der Waals surface area contributed by atoms with E-state index in [-0.39, 0.29) is 17.0 Å². The number of benzene rings is 1. The molecule has 1 fully saturated rings. The number of oxazole rings is 1. The van der Waals surface area contributed by atoms with Gasteiger partial charge in [-0.3, -0.25) is 13.9 Å². The Bertz CT molecular complexity index is 1280. The Hall–Kier alpha value is -3.42. The molecule has 0 radical (unpaired) electrons. The Morgan fingerprint density at radius 2 is 2.06 bits per heavy atom.